The highest BCUT2D eigenvalue weighted by molar-refractivity contribution is 7.99. The van der Waals surface area contributed by atoms with E-state index in [0.29, 0.717) is 12.0 Å². The fraction of sp³-hybridized carbons (Fsp3) is 0.714. The Morgan fingerprint density at radius 2 is 2.16 bits per heavy atom. The Hall–Kier alpha value is -0.970. The van der Waals surface area contributed by atoms with Crippen LogP contribution in [0.25, 0.3) is 0 Å². The molecule has 1 aliphatic heterocycles. The van der Waals surface area contributed by atoms with Crippen molar-refractivity contribution >= 4 is 23.4 Å². The maximum absolute atomic E-state index is 4.47. The second-order valence-corrected chi connectivity index (χ2v) is 6.38. The van der Waals surface area contributed by atoms with Gasteiger partial charge < -0.3 is 10.6 Å². The third kappa shape index (κ3) is 3.75. The van der Waals surface area contributed by atoms with E-state index in [1.54, 1.807) is 6.33 Å². The summed E-state index contributed by atoms with van der Waals surface area (Å²) in [5.74, 6) is 4.86. The number of hydrogen-bond acceptors (Lipinski definition) is 5. The van der Waals surface area contributed by atoms with Gasteiger partial charge in [0.2, 0.25) is 0 Å². The molecule has 0 saturated carbocycles. The normalized spacial score (nSPS) is 19.5. The zero-order chi connectivity index (χ0) is 13.7. The van der Waals surface area contributed by atoms with Crippen molar-refractivity contribution in [1.29, 1.82) is 0 Å². The van der Waals surface area contributed by atoms with Crippen molar-refractivity contribution in [1.82, 2.24) is 9.97 Å². The second kappa shape index (κ2) is 6.98. The molecule has 4 nitrogen and oxygen atoms in total. The van der Waals surface area contributed by atoms with Crippen molar-refractivity contribution in [2.75, 3.05) is 28.7 Å². The lowest BCUT2D eigenvalue weighted by molar-refractivity contribution is 0.678. The molecule has 106 valence electrons. The number of hydrogen-bond donors (Lipinski definition) is 2. The molecule has 1 aromatic heterocycles. The average Bonchev–Trinajstić information content (AvgIpc) is 2.40. The van der Waals surface area contributed by atoms with Gasteiger partial charge >= 0.3 is 0 Å². The van der Waals surface area contributed by atoms with E-state index in [1.807, 2.05) is 11.8 Å². The third-order valence-corrected chi connectivity index (χ3v) is 4.52. The monoisotopic (exact) mass is 280 g/mol. The molecule has 2 heterocycles. The zero-order valence-corrected chi connectivity index (χ0v) is 12.9. The molecule has 0 aromatic carbocycles. The highest BCUT2D eigenvalue weighted by Gasteiger charge is 2.19. The molecule has 0 spiro atoms. The van der Waals surface area contributed by atoms with E-state index in [0.717, 1.165) is 18.2 Å². The Morgan fingerprint density at radius 1 is 1.37 bits per heavy atom. The number of aromatic nitrogens is 2. The maximum atomic E-state index is 4.47. The first kappa shape index (κ1) is 14.4. The molecule has 0 aliphatic carbocycles. The summed E-state index contributed by atoms with van der Waals surface area (Å²) in [5.41, 5.74) is 1.21. The van der Waals surface area contributed by atoms with Crippen LogP contribution in [0.5, 0.6) is 0 Å². The average molecular weight is 280 g/mol. The number of nitrogens with one attached hydrogen (secondary N) is 2. The fourth-order valence-electron chi connectivity index (χ4n) is 2.41. The molecule has 5 heteroatoms. The Balaban J connectivity index is 2.20. The number of anilines is 2. The Labute approximate surface area is 120 Å². The van der Waals surface area contributed by atoms with Crippen LogP contribution >= 0.6 is 11.8 Å². The van der Waals surface area contributed by atoms with Gasteiger partial charge in [0.05, 0.1) is 0 Å². The van der Waals surface area contributed by atoms with Gasteiger partial charge in [0.1, 0.15) is 18.0 Å². The minimum atomic E-state index is 0.411. The van der Waals surface area contributed by atoms with E-state index in [-0.39, 0.29) is 0 Å². The molecule has 0 bridgehead atoms. The lowest BCUT2D eigenvalue weighted by Gasteiger charge is -2.25. The summed E-state index contributed by atoms with van der Waals surface area (Å²) in [7, 11) is 0. The van der Waals surface area contributed by atoms with E-state index >= 15 is 0 Å². The van der Waals surface area contributed by atoms with Gasteiger partial charge in [-0.05, 0) is 31.4 Å². The second-order valence-electron chi connectivity index (χ2n) is 5.23. The standard InChI is InChI=1S/C14H24N4S/c1-4-15-13-12(10(2)3)14(17-9-16-13)18-11-6-5-7-19-8-11/h9-11H,4-8H2,1-3H3,(H2,15,16,17,18). The van der Waals surface area contributed by atoms with Crippen molar-refractivity contribution in [2.45, 2.75) is 45.6 Å². The van der Waals surface area contributed by atoms with Crippen LogP contribution in [0.15, 0.2) is 6.33 Å². The van der Waals surface area contributed by atoms with E-state index < -0.39 is 0 Å². The third-order valence-electron chi connectivity index (χ3n) is 3.31. The summed E-state index contributed by atoms with van der Waals surface area (Å²) in [4.78, 5) is 8.84. The Bertz CT molecular complexity index is 402. The predicted molar refractivity (Wildman–Crippen MR) is 84.3 cm³/mol. The molecule has 19 heavy (non-hydrogen) atoms. The van der Waals surface area contributed by atoms with Crippen molar-refractivity contribution in [3.05, 3.63) is 11.9 Å². The molecule has 1 aliphatic rings. The topological polar surface area (TPSA) is 49.8 Å². The van der Waals surface area contributed by atoms with Gasteiger partial charge in [0, 0.05) is 23.9 Å². The Kier molecular flexibility index (Phi) is 5.31. The van der Waals surface area contributed by atoms with E-state index in [2.05, 4.69) is 41.4 Å². The molecule has 1 fully saturated rings. The largest absolute Gasteiger partial charge is 0.370 e. The van der Waals surface area contributed by atoms with Crippen LogP contribution in [-0.4, -0.2) is 34.1 Å². The fourth-order valence-corrected chi connectivity index (χ4v) is 3.49. The highest BCUT2D eigenvalue weighted by Crippen LogP contribution is 2.30. The van der Waals surface area contributed by atoms with Gasteiger partial charge in [0.15, 0.2) is 0 Å². The first-order chi connectivity index (χ1) is 9.22. The van der Waals surface area contributed by atoms with E-state index in [9.17, 15) is 0 Å². The van der Waals surface area contributed by atoms with Crippen LogP contribution in [0, 0.1) is 0 Å². The maximum Gasteiger partial charge on any atom is 0.135 e. The number of rotatable bonds is 5. The van der Waals surface area contributed by atoms with Crippen LogP contribution in [0.2, 0.25) is 0 Å². The van der Waals surface area contributed by atoms with Crippen molar-refractivity contribution < 1.29 is 0 Å². The molecule has 1 atom stereocenters. The Morgan fingerprint density at radius 3 is 2.79 bits per heavy atom. The van der Waals surface area contributed by atoms with E-state index in [4.69, 9.17) is 0 Å². The van der Waals surface area contributed by atoms with Crippen molar-refractivity contribution in [2.24, 2.45) is 0 Å². The molecular weight excluding hydrogens is 256 g/mol. The number of nitrogens with zero attached hydrogens (tertiary/aromatic N) is 2. The van der Waals surface area contributed by atoms with Gasteiger partial charge in [-0.25, -0.2) is 9.97 Å². The molecule has 1 unspecified atom stereocenters. The van der Waals surface area contributed by atoms with Crippen molar-refractivity contribution in [3.63, 3.8) is 0 Å². The van der Waals surface area contributed by atoms with Gasteiger partial charge in [0.25, 0.3) is 0 Å². The van der Waals surface area contributed by atoms with Crippen LogP contribution in [0.4, 0.5) is 11.6 Å². The minimum Gasteiger partial charge on any atom is -0.370 e. The summed E-state index contributed by atoms with van der Waals surface area (Å²) in [6.45, 7) is 7.37. The molecule has 0 radical (unpaired) electrons. The van der Waals surface area contributed by atoms with Crippen molar-refractivity contribution in [3.8, 4) is 0 Å². The van der Waals surface area contributed by atoms with Gasteiger partial charge in [-0.15, -0.1) is 0 Å². The molecular formula is C14H24N4S. The van der Waals surface area contributed by atoms with Gasteiger partial charge in [-0.2, -0.15) is 11.8 Å². The lowest BCUT2D eigenvalue weighted by Crippen LogP contribution is -2.27. The highest BCUT2D eigenvalue weighted by atomic mass is 32.2. The van der Waals surface area contributed by atoms with Crippen LogP contribution in [0.1, 0.15) is 45.1 Å². The summed E-state index contributed by atoms with van der Waals surface area (Å²) < 4.78 is 0. The molecule has 1 aromatic rings. The SMILES string of the molecule is CCNc1ncnc(NC2CCCSC2)c1C(C)C. The zero-order valence-electron chi connectivity index (χ0n) is 12.1. The predicted octanol–water partition coefficient (Wildman–Crippen LogP) is 3.34. The first-order valence-electron chi connectivity index (χ1n) is 7.15. The molecule has 0 amide bonds. The first-order valence-corrected chi connectivity index (χ1v) is 8.30. The smallest absolute Gasteiger partial charge is 0.135 e. The summed E-state index contributed by atoms with van der Waals surface area (Å²) in [5, 5.41) is 6.96. The summed E-state index contributed by atoms with van der Waals surface area (Å²) in [6.07, 6.45) is 4.19. The minimum absolute atomic E-state index is 0.411. The van der Waals surface area contributed by atoms with E-state index in [1.165, 1.54) is 29.9 Å². The van der Waals surface area contributed by atoms with Crippen LogP contribution in [0.3, 0.4) is 0 Å². The van der Waals surface area contributed by atoms with Crippen LogP contribution in [-0.2, 0) is 0 Å². The molecule has 2 N–H and O–H groups in total. The van der Waals surface area contributed by atoms with Crippen LogP contribution < -0.4 is 10.6 Å². The number of thioether (sulfide) groups is 1. The summed E-state index contributed by atoms with van der Waals surface area (Å²) in [6, 6.07) is 0.542. The summed E-state index contributed by atoms with van der Waals surface area (Å²) >= 11 is 2.03. The van der Waals surface area contributed by atoms with Gasteiger partial charge in [-0.1, -0.05) is 13.8 Å². The molecule has 2 rings (SSSR count). The molecule has 1 saturated heterocycles. The lowest BCUT2D eigenvalue weighted by atomic mass is 10.0. The quantitative estimate of drug-likeness (QED) is 0.866. The van der Waals surface area contributed by atoms with Gasteiger partial charge in [-0.3, -0.25) is 0 Å².